The van der Waals surface area contributed by atoms with Crippen LogP contribution in [0.2, 0.25) is 0 Å². The number of anilines is 2. The first-order chi connectivity index (χ1) is 11.7. The lowest BCUT2D eigenvalue weighted by Crippen LogP contribution is -2.40. The zero-order valence-electron chi connectivity index (χ0n) is 14.0. The highest BCUT2D eigenvalue weighted by Gasteiger charge is 2.29. The van der Waals surface area contributed by atoms with Gasteiger partial charge in [0.15, 0.2) is 0 Å². The van der Waals surface area contributed by atoms with E-state index in [1.807, 2.05) is 31.3 Å². The number of fused-ring (bicyclic) bond motifs is 1. The Balaban J connectivity index is 1.58. The van der Waals surface area contributed by atoms with Crippen molar-refractivity contribution < 1.29 is 4.79 Å². The fraction of sp³-hybridized carbons (Fsp3) is 0.350. The number of carbonyl (C=O) groups is 1. The number of hydrogen-bond donors (Lipinski definition) is 1. The van der Waals surface area contributed by atoms with Gasteiger partial charge in [0.2, 0.25) is 0 Å². The first kappa shape index (κ1) is 15.1. The molecule has 24 heavy (non-hydrogen) atoms. The summed E-state index contributed by atoms with van der Waals surface area (Å²) in [6.45, 7) is 2.29. The highest BCUT2D eigenvalue weighted by molar-refractivity contribution is 6.01. The van der Waals surface area contributed by atoms with Crippen molar-refractivity contribution in [1.82, 2.24) is 4.90 Å². The van der Waals surface area contributed by atoms with Crippen molar-refractivity contribution in [2.45, 2.75) is 25.4 Å². The molecule has 124 valence electrons. The van der Waals surface area contributed by atoms with E-state index < -0.39 is 0 Å². The molecule has 2 aliphatic rings. The number of amides is 1. The summed E-state index contributed by atoms with van der Waals surface area (Å²) >= 11 is 0. The number of rotatable bonds is 2. The van der Waals surface area contributed by atoms with Crippen LogP contribution in [0.25, 0.3) is 0 Å². The van der Waals surface area contributed by atoms with Crippen molar-refractivity contribution in [3.05, 3.63) is 59.7 Å². The Morgan fingerprint density at radius 1 is 0.958 bits per heavy atom. The van der Waals surface area contributed by atoms with E-state index >= 15 is 0 Å². The van der Waals surface area contributed by atoms with Crippen LogP contribution in [-0.4, -0.2) is 30.9 Å². The molecular formula is C20H23N3O. The predicted molar refractivity (Wildman–Crippen MR) is 97.4 cm³/mol. The van der Waals surface area contributed by atoms with Crippen LogP contribution in [0.3, 0.4) is 0 Å². The molecule has 1 amide bonds. The molecule has 0 spiro atoms. The van der Waals surface area contributed by atoms with E-state index in [-0.39, 0.29) is 12.1 Å². The van der Waals surface area contributed by atoms with E-state index in [2.05, 4.69) is 34.5 Å². The molecule has 4 nitrogen and oxygen atoms in total. The molecule has 0 radical (unpaired) electrons. The number of para-hydroxylation sites is 1. The van der Waals surface area contributed by atoms with Gasteiger partial charge in [-0.15, -0.1) is 0 Å². The molecule has 0 aliphatic carbocycles. The molecule has 2 heterocycles. The Morgan fingerprint density at radius 2 is 1.67 bits per heavy atom. The predicted octanol–water partition coefficient (Wildman–Crippen LogP) is 3.87. The molecule has 1 saturated heterocycles. The monoisotopic (exact) mass is 321 g/mol. The molecule has 0 bridgehead atoms. The number of carbonyl (C=O) groups excluding carboxylic acids is 1. The van der Waals surface area contributed by atoms with Gasteiger partial charge in [0.05, 0.1) is 5.56 Å². The maximum absolute atomic E-state index is 12.6. The van der Waals surface area contributed by atoms with Gasteiger partial charge in [0.1, 0.15) is 6.17 Å². The normalized spacial score (nSPS) is 20.5. The standard InChI is InChI=1S/C20H23N3O/c1-22-19(21-18-8-4-3-7-17(18)20(22)24)15-9-11-16(12-10-15)23-13-5-2-6-14-23/h3-4,7-12,19,21H,2,5-6,13-14H2,1H3. The summed E-state index contributed by atoms with van der Waals surface area (Å²) < 4.78 is 0. The molecule has 1 N–H and O–H groups in total. The lowest BCUT2D eigenvalue weighted by Gasteiger charge is -2.36. The first-order valence-electron chi connectivity index (χ1n) is 8.72. The first-order valence-corrected chi connectivity index (χ1v) is 8.72. The fourth-order valence-corrected chi connectivity index (χ4v) is 3.67. The van der Waals surface area contributed by atoms with Gasteiger partial charge < -0.3 is 15.1 Å². The Bertz CT molecular complexity index is 735. The van der Waals surface area contributed by atoms with Crippen molar-refractivity contribution >= 4 is 17.3 Å². The smallest absolute Gasteiger partial charge is 0.257 e. The third-order valence-electron chi connectivity index (χ3n) is 5.09. The second-order valence-electron chi connectivity index (χ2n) is 6.65. The van der Waals surface area contributed by atoms with E-state index in [1.54, 1.807) is 4.90 Å². The molecular weight excluding hydrogens is 298 g/mol. The van der Waals surface area contributed by atoms with Crippen molar-refractivity contribution in [3.8, 4) is 0 Å². The molecule has 2 aliphatic heterocycles. The molecule has 1 atom stereocenters. The second-order valence-corrected chi connectivity index (χ2v) is 6.65. The Kier molecular flexibility index (Phi) is 3.89. The Labute approximate surface area is 143 Å². The lowest BCUT2D eigenvalue weighted by molar-refractivity contribution is 0.0735. The van der Waals surface area contributed by atoms with Gasteiger partial charge in [-0.25, -0.2) is 0 Å². The largest absolute Gasteiger partial charge is 0.372 e. The van der Waals surface area contributed by atoms with Crippen molar-refractivity contribution in [2.24, 2.45) is 0 Å². The summed E-state index contributed by atoms with van der Waals surface area (Å²) in [5.41, 5.74) is 4.04. The van der Waals surface area contributed by atoms with E-state index in [4.69, 9.17) is 0 Å². The van der Waals surface area contributed by atoms with Gasteiger partial charge in [-0.2, -0.15) is 0 Å². The molecule has 2 aromatic rings. The van der Waals surface area contributed by atoms with Gasteiger partial charge in [-0.05, 0) is 49.1 Å². The number of hydrogen-bond acceptors (Lipinski definition) is 3. The number of benzene rings is 2. The Morgan fingerprint density at radius 3 is 2.42 bits per heavy atom. The van der Waals surface area contributed by atoms with Crippen LogP contribution in [0.15, 0.2) is 48.5 Å². The third kappa shape index (κ3) is 2.62. The average molecular weight is 321 g/mol. The van der Waals surface area contributed by atoms with Crippen molar-refractivity contribution in [3.63, 3.8) is 0 Å². The van der Waals surface area contributed by atoms with Crippen LogP contribution in [0.5, 0.6) is 0 Å². The molecule has 1 fully saturated rings. The SMILES string of the molecule is CN1C(=O)c2ccccc2NC1c1ccc(N2CCCCC2)cc1. The van der Waals surface area contributed by atoms with Crippen molar-refractivity contribution in [2.75, 3.05) is 30.4 Å². The summed E-state index contributed by atoms with van der Waals surface area (Å²) in [5, 5.41) is 3.48. The maximum atomic E-state index is 12.6. The third-order valence-corrected chi connectivity index (χ3v) is 5.09. The zero-order chi connectivity index (χ0) is 16.5. The van der Waals surface area contributed by atoms with E-state index in [0.29, 0.717) is 0 Å². The highest BCUT2D eigenvalue weighted by atomic mass is 16.2. The Hall–Kier alpha value is -2.49. The zero-order valence-corrected chi connectivity index (χ0v) is 14.0. The summed E-state index contributed by atoms with van der Waals surface area (Å²) in [5.74, 6) is 0.0643. The van der Waals surface area contributed by atoms with Crippen LogP contribution < -0.4 is 10.2 Å². The van der Waals surface area contributed by atoms with Crippen LogP contribution in [-0.2, 0) is 0 Å². The molecule has 1 unspecified atom stereocenters. The second kappa shape index (κ2) is 6.19. The highest BCUT2D eigenvalue weighted by Crippen LogP contribution is 2.32. The van der Waals surface area contributed by atoms with Crippen LogP contribution in [0.1, 0.15) is 41.3 Å². The van der Waals surface area contributed by atoms with Crippen LogP contribution in [0.4, 0.5) is 11.4 Å². The minimum absolute atomic E-state index is 0.0643. The van der Waals surface area contributed by atoms with Gasteiger partial charge in [-0.3, -0.25) is 4.79 Å². The minimum Gasteiger partial charge on any atom is -0.372 e. The summed E-state index contributed by atoms with van der Waals surface area (Å²) in [6.07, 6.45) is 3.77. The van der Waals surface area contributed by atoms with Crippen LogP contribution >= 0.6 is 0 Å². The summed E-state index contributed by atoms with van der Waals surface area (Å²) in [7, 11) is 1.86. The van der Waals surface area contributed by atoms with E-state index in [1.165, 1.54) is 24.9 Å². The summed E-state index contributed by atoms with van der Waals surface area (Å²) in [6, 6.07) is 16.3. The molecule has 2 aromatic carbocycles. The van der Waals surface area contributed by atoms with Gasteiger partial charge in [-0.1, -0.05) is 24.3 Å². The minimum atomic E-state index is -0.122. The topological polar surface area (TPSA) is 35.6 Å². The fourth-order valence-electron chi connectivity index (χ4n) is 3.67. The summed E-state index contributed by atoms with van der Waals surface area (Å²) in [4.78, 5) is 16.8. The molecule has 0 saturated carbocycles. The molecule has 4 rings (SSSR count). The number of piperidine rings is 1. The number of nitrogens with one attached hydrogen (secondary N) is 1. The van der Waals surface area contributed by atoms with E-state index in [0.717, 1.165) is 29.9 Å². The maximum Gasteiger partial charge on any atom is 0.257 e. The van der Waals surface area contributed by atoms with Crippen molar-refractivity contribution in [1.29, 1.82) is 0 Å². The lowest BCUT2D eigenvalue weighted by atomic mass is 10.0. The van der Waals surface area contributed by atoms with Gasteiger partial charge >= 0.3 is 0 Å². The molecule has 4 heteroatoms. The van der Waals surface area contributed by atoms with Gasteiger partial charge in [0, 0.05) is 31.5 Å². The molecule has 0 aromatic heterocycles. The van der Waals surface area contributed by atoms with Crippen LogP contribution in [0, 0.1) is 0 Å². The number of nitrogens with zero attached hydrogens (tertiary/aromatic N) is 2. The van der Waals surface area contributed by atoms with Gasteiger partial charge in [0.25, 0.3) is 5.91 Å². The van der Waals surface area contributed by atoms with E-state index in [9.17, 15) is 4.79 Å². The average Bonchev–Trinajstić information content (AvgIpc) is 2.66. The quantitative estimate of drug-likeness (QED) is 0.912.